The van der Waals surface area contributed by atoms with Crippen molar-refractivity contribution >= 4 is 0 Å². The number of ether oxygens (including phenoxy) is 2. The van der Waals surface area contributed by atoms with Gasteiger partial charge in [-0.1, -0.05) is 13.3 Å². The van der Waals surface area contributed by atoms with Crippen LogP contribution in [-0.4, -0.2) is 31.5 Å². The molecular formula is C12H23NO2. The monoisotopic (exact) mass is 213 g/mol. The van der Waals surface area contributed by atoms with Crippen LogP contribution in [0.1, 0.15) is 39.0 Å². The minimum absolute atomic E-state index is 0.0277. The van der Waals surface area contributed by atoms with Crippen molar-refractivity contribution in [3.63, 3.8) is 0 Å². The Bertz CT molecular complexity index is 196. The van der Waals surface area contributed by atoms with Gasteiger partial charge in [-0.2, -0.15) is 0 Å². The minimum Gasteiger partial charge on any atom is -0.376 e. The van der Waals surface area contributed by atoms with Crippen molar-refractivity contribution in [3.05, 3.63) is 0 Å². The smallest absolute Gasteiger partial charge is 0.105 e. The van der Waals surface area contributed by atoms with Crippen LogP contribution in [0.25, 0.3) is 0 Å². The highest BCUT2D eigenvalue weighted by molar-refractivity contribution is 4.89. The van der Waals surface area contributed by atoms with E-state index in [9.17, 15) is 0 Å². The topological polar surface area (TPSA) is 44.5 Å². The van der Waals surface area contributed by atoms with Crippen molar-refractivity contribution in [1.82, 2.24) is 0 Å². The van der Waals surface area contributed by atoms with Crippen molar-refractivity contribution in [1.29, 1.82) is 0 Å². The second-order valence-corrected chi connectivity index (χ2v) is 5.02. The zero-order valence-electron chi connectivity index (χ0n) is 9.71. The molecule has 1 saturated heterocycles. The zero-order chi connectivity index (χ0) is 10.7. The summed E-state index contributed by atoms with van der Waals surface area (Å²) in [7, 11) is 0. The molecule has 0 aromatic heterocycles. The molecule has 3 nitrogen and oxygen atoms in total. The third-order valence-corrected chi connectivity index (χ3v) is 3.99. The van der Waals surface area contributed by atoms with E-state index in [0.29, 0.717) is 12.6 Å². The molecule has 1 saturated carbocycles. The minimum atomic E-state index is -0.0277. The van der Waals surface area contributed by atoms with Gasteiger partial charge in [-0.05, 0) is 31.6 Å². The van der Waals surface area contributed by atoms with E-state index in [-0.39, 0.29) is 5.60 Å². The summed E-state index contributed by atoms with van der Waals surface area (Å²) in [4.78, 5) is 0. The molecule has 0 unspecified atom stereocenters. The van der Waals surface area contributed by atoms with Gasteiger partial charge in [0, 0.05) is 6.54 Å². The predicted molar refractivity (Wildman–Crippen MR) is 59.7 cm³/mol. The highest BCUT2D eigenvalue weighted by Gasteiger charge is 2.38. The highest BCUT2D eigenvalue weighted by atomic mass is 16.6. The van der Waals surface area contributed by atoms with Gasteiger partial charge < -0.3 is 15.2 Å². The van der Waals surface area contributed by atoms with Gasteiger partial charge >= 0.3 is 0 Å². The van der Waals surface area contributed by atoms with Crippen LogP contribution in [0.4, 0.5) is 0 Å². The molecule has 2 aliphatic rings. The predicted octanol–water partition coefficient (Wildman–Crippen LogP) is 1.70. The zero-order valence-corrected chi connectivity index (χ0v) is 9.71. The molecule has 0 spiro atoms. The first-order chi connectivity index (χ1) is 7.28. The summed E-state index contributed by atoms with van der Waals surface area (Å²) in [6.07, 6.45) is 6.44. The molecule has 0 aromatic carbocycles. The van der Waals surface area contributed by atoms with Crippen LogP contribution < -0.4 is 5.73 Å². The maximum absolute atomic E-state index is 6.11. The molecule has 0 radical (unpaired) electrons. The van der Waals surface area contributed by atoms with Crippen LogP contribution in [0.3, 0.4) is 0 Å². The quantitative estimate of drug-likeness (QED) is 0.773. The maximum atomic E-state index is 6.11. The lowest BCUT2D eigenvalue weighted by Crippen LogP contribution is -2.51. The molecule has 2 N–H and O–H groups in total. The molecule has 15 heavy (non-hydrogen) atoms. The number of rotatable bonds is 4. The van der Waals surface area contributed by atoms with Gasteiger partial charge in [-0.15, -0.1) is 0 Å². The Kier molecular flexibility index (Phi) is 3.65. The van der Waals surface area contributed by atoms with Crippen molar-refractivity contribution in [2.45, 2.75) is 50.7 Å². The largest absolute Gasteiger partial charge is 0.376 e. The fourth-order valence-corrected chi connectivity index (χ4v) is 2.62. The van der Waals surface area contributed by atoms with Gasteiger partial charge in [-0.3, -0.25) is 0 Å². The first-order valence-corrected chi connectivity index (χ1v) is 6.23. The molecule has 2 fully saturated rings. The summed E-state index contributed by atoms with van der Waals surface area (Å²) in [6, 6.07) is 0. The number of hydrogen-bond donors (Lipinski definition) is 1. The fraction of sp³-hybridized carbons (Fsp3) is 1.00. The van der Waals surface area contributed by atoms with Gasteiger partial charge in [0.1, 0.15) is 6.10 Å². The number of hydrogen-bond acceptors (Lipinski definition) is 3. The van der Waals surface area contributed by atoms with Crippen LogP contribution in [-0.2, 0) is 9.47 Å². The molecule has 3 heteroatoms. The van der Waals surface area contributed by atoms with Gasteiger partial charge in [0.25, 0.3) is 0 Å². The molecule has 2 rings (SSSR count). The van der Waals surface area contributed by atoms with Gasteiger partial charge in [0.15, 0.2) is 0 Å². The van der Waals surface area contributed by atoms with E-state index in [4.69, 9.17) is 15.2 Å². The van der Waals surface area contributed by atoms with E-state index < -0.39 is 0 Å². The lowest BCUT2D eigenvalue weighted by molar-refractivity contribution is -0.200. The first-order valence-electron chi connectivity index (χ1n) is 6.23. The molecule has 0 bridgehead atoms. The normalized spacial score (nSPS) is 37.6. The summed E-state index contributed by atoms with van der Waals surface area (Å²) >= 11 is 0. The van der Waals surface area contributed by atoms with Crippen molar-refractivity contribution < 1.29 is 9.47 Å². The van der Waals surface area contributed by atoms with Gasteiger partial charge in [-0.25, -0.2) is 0 Å². The average molecular weight is 213 g/mol. The van der Waals surface area contributed by atoms with E-state index in [1.807, 2.05) is 0 Å². The SMILES string of the molecule is CCC1CCC(CN)(OC2COC2)CC1. The van der Waals surface area contributed by atoms with E-state index >= 15 is 0 Å². The Morgan fingerprint density at radius 3 is 2.40 bits per heavy atom. The molecule has 1 aliphatic heterocycles. The van der Waals surface area contributed by atoms with Crippen LogP contribution >= 0.6 is 0 Å². The molecule has 88 valence electrons. The van der Waals surface area contributed by atoms with Gasteiger partial charge in [0.2, 0.25) is 0 Å². The van der Waals surface area contributed by atoms with Crippen molar-refractivity contribution in [2.75, 3.05) is 19.8 Å². The van der Waals surface area contributed by atoms with E-state index in [0.717, 1.165) is 32.0 Å². The molecule has 0 atom stereocenters. The Labute approximate surface area is 92.3 Å². The molecular weight excluding hydrogens is 190 g/mol. The van der Waals surface area contributed by atoms with Crippen LogP contribution in [0.5, 0.6) is 0 Å². The van der Waals surface area contributed by atoms with E-state index in [1.165, 1.54) is 19.3 Å². The third-order valence-electron chi connectivity index (χ3n) is 3.99. The van der Waals surface area contributed by atoms with Crippen LogP contribution in [0.2, 0.25) is 0 Å². The average Bonchev–Trinajstić information content (AvgIpc) is 2.24. The van der Waals surface area contributed by atoms with E-state index in [1.54, 1.807) is 0 Å². The first kappa shape index (κ1) is 11.4. The molecule has 1 heterocycles. The summed E-state index contributed by atoms with van der Waals surface area (Å²) in [5.74, 6) is 0.894. The summed E-state index contributed by atoms with van der Waals surface area (Å²) < 4.78 is 11.2. The Morgan fingerprint density at radius 1 is 1.33 bits per heavy atom. The highest BCUT2D eigenvalue weighted by Crippen LogP contribution is 2.37. The van der Waals surface area contributed by atoms with Crippen molar-refractivity contribution in [3.8, 4) is 0 Å². The Hall–Kier alpha value is -0.120. The Balaban J connectivity index is 1.85. The maximum Gasteiger partial charge on any atom is 0.105 e. The summed E-state index contributed by atoms with van der Waals surface area (Å²) in [5, 5.41) is 0. The molecule has 1 aliphatic carbocycles. The standard InChI is InChI=1S/C12H23NO2/c1-2-10-3-5-12(9-13,6-4-10)15-11-7-14-8-11/h10-11H,2-9,13H2,1H3. The summed E-state index contributed by atoms with van der Waals surface area (Å²) in [6.45, 7) is 4.47. The van der Waals surface area contributed by atoms with Gasteiger partial charge in [0.05, 0.1) is 18.8 Å². The van der Waals surface area contributed by atoms with Crippen LogP contribution in [0, 0.1) is 5.92 Å². The second-order valence-electron chi connectivity index (χ2n) is 5.02. The molecule has 0 amide bonds. The second kappa shape index (κ2) is 4.81. The van der Waals surface area contributed by atoms with Crippen molar-refractivity contribution in [2.24, 2.45) is 11.7 Å². The van der Waals surface area contributed by atoms with E-state index in [2.05, 4.69) is 6.92 Å². The third kappa shape index (κ3) is 2.52. The lowest BCUT2D eigenvalue weighted by atomic mass is 9.77. The molecule has 0 aromatic rings. The number of nitrogens with two attached hydrogens (primary N) is 1. The Morgan fingerprint density at radius 2 is 2.00 bits per heavy atom. The fourth-order valence-electron chi connectivity index (χ4n) is 2.62. The summed E-state index contributed by atoms with van der Waals surface area (Å²) in [5.41, 5.74) is 5.86. The van der Waals surface area contributed by atoms with Crippen LogP contribution in [0.15, 0.2) is 0 Å². The lowest BCUT2D eigenvalue weighted by Gasteiger charge is -2.43.